The highest BCUT2D eigenvalue weighted by atomic mass is 32.2. The summed E-state index contributed by atoms with van der Waals surface area (Å²) >= 11 is 1.41. The summed E-state index contributed by atoms with van der Waals surface area (Å²) in [7, 11) is 1.62. The first-order chi connectivity index (χ1) is 13.6. The largest absolute Gasteiger partial charge is 0.444 e. The van der Waals surface area contributed by atoms with Gasteiger partial charge >= 0.3 is 6.09 Å². The zero-order chi connectivity index (χ0) is 21.2. The van der Waals surface area contributed by atoms with E-state index in [-0.39, 0.29) is 18.6 Å². The van der Waals surface area contributed by atoms with E-state index in [4.69, 9.17) is 24.9 Å². The topological polar surface area (TPSA) is 95.2 Å². The number of benzene rings is 1. The monoisotopic (exact) mass is 425 g/mol. The second kappa shape index (κ2) is 8.49. The van der Waals surface area contributed by atoms with Gasteiger partial charge in [-0.05, 0) is 45.4 Å². The number of carbonyl (C=O) groups excluding carboxylic acids is 1. The van der Waals surface area contributed by atoms with Gasteiger partial charge in [0.25, 0.3) is 0 Å². The van der Waals surface area contributed by atoms with Gasteiger partial charge in [-0.3, -0.25) is 5.32 Å². The molecule has 3 N–H and O–H groups in total. The summed E-state index contributed by atoms with van der Waals surface area (Å²) in [5, 5.41) is 3.07. The van der Waals surface area contributed by atoms with Crippen LogP contribution in [0, 0.1) is 11.7 Å². The Bertz CT molecular complexity index is 798. The number of carbonyl (C=O) groups is 1. The van der Waals surface area contributed by atoms with Crippen molar-refractivity contribution < 1.29 is 23.4 Å². The SMILES string of the molecule is COC[C@H]1CC2CSC(NC(=O)OC(C)(C)C)=NC2(c2cc(N)ccc2F)CO1. The maximum atomic E-state index is 14.9. The number of nitrogens with two attached hydrogens (primary N) is 1. The summed E-state index contributed by atoms with van der Waals surface area (Å²) in [5.41, 5.74) is 5.16. The normalized spacial score (nSPS) is 27.0. The van der Waals surface area contributed by atoms with E-state index in [0.29, 0.717) is 35.2 Å². The predicted octanol–water partition coefficient (Wildman–Crippen LogP) is 3.28. The Morgan fingerprint density at radius 2 is 2.24 bits per heavy atom. The van der Waals surface area contributed by atoms with E-state index in [9.17, 15) is 9.18 Å². The number of fused-ring (bicyclic) bond motifs is 1. The van der Waals surface area contributed by atoms with Crippen LogP contribution in [0.3, 0.4) is 0 Å². The minimum atomic E-state index is -0.973. The molecule has 160 valence electrons. The molecule has 0 bridgehead atoms. The number of nitrogen functional groups attached to an aromatic ring is 1. The van der Waals surface area contributed by atoms with Crippen LogP contribution < -0.4 is 11.1 Å². The third kappa shape index (κ3) is 5.02. The van der Waals surface area contributed by atoms with Crippen LogP contribution >= 0.6 is 11.8 Å². The molecule has 9 heteroatoms. The lowest BCUT2D eigenvalue weighted by Crippen LogP contribution is -2.52. The number of anilines is 1. The number of amides is 1. The number of hydrogen-bond acceptors (Lipinski definition) is 7. The van der Waals surface area contributed by atoms with Crippen molar-refractivity contribution in [3.05, 3.63) is 29.6 Å². The van der Waals surface area contributed by atoms with Crippen LogP contribution in [-0.4, -0.2) is 49.0 Å². The van der Waals surface area contributed by atoms with Gasteiger partial charge in [-0.2, -0.15) is 0 Å². The van der Waals surface area contributed by atoms with E-state index >= 15 is 0 Å². The Balaban J connectivity index is 1.95. The van der Waals surface area contributed by atoms with Crippen LogP contribution in [-0.2, 0) is 19.7 Å². The highest BCUT2D eigenvalue weighted by molar-refractivity contribution is 8.13. The molecule has 1 aromatic rings. The molecule has 0 spiro atoms. The fraction of sp³-hybridized carbons (Fsp3) is 0.600. The molecule has 1 saturated heterocycles. The summed E-state index contributed by atoms with van der Waals surface area (Å²) in [6.45, 7) is 5.99. The lowest BCUT2D eigenvalue weighted by Gasteiger charge is -2.46. The molecular weight excluding hydrogens is 397 g/mol. The summed E-state index contributed by atoms with van der Waals surface area (Å²) < 4.78 is 31.4. The first kappa shape index (κ1) is 21.9. The summed E-state index contributed by atoms with van der Waals surface area (Å²) in [5.74, 6) is 0.249. The molecule has 0 radical (unpaired) electrons. The van der Waals surface area contributed by atoms with Crippen LogP contribution in [0.5, 0.6) is 0 Å². The Morgan fingerprint density at radius 1 is 1.48 bits per heavy atom. The van der Waals surface area contributed by atoms with Gasteiger partial charge in [0.1, 0.15) is 17.0 Å². The Kier molecular flexibility index (Phi) is 6.40. The van der Waals surface area contributed by atoms with E-state index < -0.39 is 23.1 Å². The molecule has 2 aliphatic rings. The molecule has 7 nitrogen and oxygen atoms in total. The number of rotatable bonds is 3. The van der Waals surface area contributed by atoms with Crippen LogP contribution in [0.4, 0.5) is 14.9 Å². The lowest BCUT2D eigenvalue weighted by molar-refractivity contribution is -0.0837. The van der Waals surface area contributed by atoms with Crippen molar-refractivity contribution in [1.29, 1.82) is 0 Å². The summed E-state index contributed by atoms with van der Waals surface area (Å²) in [4.78, 5) is 17.0. The number of nitrogens with one attached hydrogen (secondary N) is 1. The van der Waals surface area contributed by atoms with Crippen LogP contribution in [0.15, 0.2) is 23.2 Å². The lowest BCUT2D eigenvalue weighted by atomic mass is 9.75. The molecule has 3 rings (SSSR count). The number of ether oxygens (including phenoxy) is 3. The van der Waals surface area contributed by atoms with Crippen LogP contribution in [0.25, 0.3) is 0 Å². The van der Waals surface area contributed by atoms with Gasteiger partial charge in [-0.15, -0.1) is 0 Å². The maximum absolute atomic E-state index is 14.9. The number of alkyl carbamates (subject to hydrolysis) is 1. The van der Waals surface area contributed by atoms with Gasteiger partial charge in [-0.1, -0.05) is 11.8 Å². The third-order valence-electron chi connectivity index (χ3n) is 4.90. The molecule has 0 aromatic heterocycles. The van der Waals surface area contributed by atoms with Crippen molar-refractivity contribution in [1.82, 2.24) is 5.32 Å². The van der Waals surface area contributed by atoms with E-state index in [1.54, 1.807) is 33.9 Å². The van der Waals surface area contributed by atoms with Crippen molar-refractivity contribution >= 4 is 28.7 Å². The molecule has 3 atom stereocenters. The number of hydrogen-bond donors (Lipinski definition) is 2. The van der Waals surface area contributed by atoms with Crippen molar-refractivity contribution in [3.8, 4) is 0 Å². The van der Waals surface area contributed by atoms with Gasteiger partial charge in [0, 0.05) is 30.0 Å². The van der Waals surface area contributed by atoms with Crippen molar-refractivity contribution in [2.24, 2.45) is 10.9 Å². The molecule has 2 unspecified atom stereocenters. The summed E-state index contributed by atoms with van der Waals surface area (Å²) in [6, 6.07) is 4.46. The summed E-state index contributed by atoms with van der Waals surface area (Å²) in [6.07, 6.45) is -0.0176. The van der Waals surface area contributed by atoms with E-state index in [2.05, 4.69) is 5.32 Å². The quantitative estimate of drug-likeness (QED) is 0.722. The molecule has 2 aliphatic heterocycles. The standard InChI is InChI=1S/C20H28FN3O4S/c1-19(2,3)28-18(25)23-17-24-20(15-8-13(22)5-6-16(15)21)11-27-14(9-26-4)7-12(20)10-29-17/h5-6,8,12,14H,7,9-11,22H2,1-4H3,(H,23,24,25)/t12?,14-,20?/m1/s1. The maximum Gasteiger partial charge on any atom is 0.413 e. The average Bonchev–Trinajstić information content (AvgIpc) is 2.62. The van der Waals surface area contributed by atoms with E-state index in [1.807, 2.05) is 0 Å². The number of thioether (sulfide) groups is 1. The van der Waals surface area contributed by atoms with Crippen LogP contribution in [0.1, 0.15) is 32.8 Å². The first-order valence-electron chi connectivity index (χ1n) is 9.51. The molecule has 1 aromatic carbocycles. The van der Waals surface area contributed by atoms with Gasteiger partial charge < -0.3 is 19.9 Å². The third-order valence-corrected chi connectivity index (χ3v) is 5.94. The number of halogens is 1. The molecule has 0 saturated carbocycles. The minimum absolute atomic E-state index is 0.00175. The number of methoxy groups -OCH3 is 1. The second-order valence-corrected chi connectivity index (χ2v) is 9.35. The smallest absolute Gasteiger partial charge is 0.413 e. The fourth-order valence-corrected chi connectivity index (χ4v) is 4.81. The molecule has 2 heterocycles. The molecule has 1 fully saturated rings. The minimum Gasteiger partial charge on any atom is -0.444 e. The van der Waals surface area contributed by atoms with Crippen molar-refractivity contribution in [2.45, 2.75) is 44.4 Å². The Hall–Kier alpha value is -1.84. The molecule has 0 aliphatic carbocycles. The highest BCUT2D eigenvalue weighted by Gasteiger charge is 2.50. The zero-order valence-corrected chi connectivity index (χ0v) is 18.0. The first-order valence-corrected chi connectivity index (χ1v) is 10.5. The van der Waals surface area contributed by atoms with Crippen molar-refractivity contribution in [2.75, 3.05) is 31.8 Å². The number of nitrogens with zero attached hydrogens (tertiary/aromatic N) is 1. The fourth-order valence-electron chi connectivity index (χ4n) is 3.66. The van der Waals surface area contributed by atoms with Gasteiger partial charge in [0.2, 0.25) is 0 Å². The molecular formula is C20H28FN3O4S. The molecule has 29 heavy (non-hydrogen) atoms. The van der Waals surface area contributed by atoms with E-state index in [1.165, 1.54) is 23.9 Å². The van der Waals surface area contributed by atoms with Gasteiger partial charge in [0.05, 0.1) is 19.3 Å². The predicted molar refractivity (Wildman–Crippen MR) is 111 cm³/mol. The number of aliphatic imine (C=N–C) groups is 1. The van der Waals surface area contributed by atoms with Crippen molar-refractivity contribution in [3.63, 3.8) is 0 Å². The Labute approximate surface area is 174 Å². The van der Waals surface area contributed by atoms with E-state index in [0.717, 1.165) is 0 Å². The molecule has 1 amide bonds. The average molecular weight is 426 g/mol. The second-order valence-electron chi connectivity index (χ2n) is 8.34. The van der Waals surface area contributed by atoms with Gasteiger partial charge in [0.15, 0.2) is 5.17 Å². The van der Waals surface area contributed by atoms with Gasteiger partial charge in [-0.25, -0.2) is 14.2 Å². The highest BCUT2D eigenvalue weighted by Crippen LogP contribution is 2.47. The zero-order valence-electron chi connectivity index (χ0n) is 17.2. The Morgan fingerprint density at radius 3 is 2.93 bits per heavy atom. The number of amidine groups is 1. The van der Waals surface area contributed by atoms with Crippen LogP contribution in [0.2, 0.25) is 0 Å².